The highest BCUT2D eigenvalue weighted by Gasteiger charge is 2.30. The first-order chi connectivity index (χ1) is 14.7. The van der Waals surface area contributed by atoms with E-state index in [-0.39, 0.29) is 11.8 Å². The third-order valence-corrected chi connectivity index (χ3v) is 5.62. The van der Waals surface area contributed by atoms with E-state index in [0.717, 1.165) is 42.0 Å². The van der Waals surface area contributed by atoms with Crippen LogP contribution in [0, 0.1) is 12.8 Å². The van der Waals surface area contributed by atoms with E-state index in [2.05, 4.69) is 39.4 Å². The Hall–Kier alpha value is -3.21. The van der Waals surface area contributed by atoms with E-state index in [9.17, 15) is 4.79 Å². The van der Waals surface area contributed by atoms with Crippen molar-refractivity contribution in [1.29, 1.82) is 0 Å². The molecule has 0 bridgehead atoms. The summed E-state index contributed by atoms with van der Waals surface area (Å²) in [6.45, 7) is 4.78. The zero-order chi connectivity index (χ0) is 20.8. The molecule has 0 N–H and O–H groups in total. The quantitative estimate of drug-likeness (QED) is 0.621. The highest BCUT2D eigenvalue weighted by molar-refractivity contribution is 5.79. The molecule has 1 saturated heterocycles. The molecule has 154 valence electrons. The van der Waals surface area contributed by atoms with E-state index in [1.165, 1.54) is 0 Å². The Morgan fingerprint density at radius 1 is 0.933 bits per heavy atom. The summed E-state index contributed by atoms with van der Waals surface area (Å²) in [6, 6.07) is 24.4. The number of nitrogens with zero attached hydrogens (tertiary/aromatic N) is 4. The highest BCUT2D eigenvalue weighted by atomic mass is 16.2. The van der Waals surface area contributed by atoms with Gasteiger partial charge in [-0.2, -0.15) is 5.10 Å². The van der Waals surface area contributed by atoms with Crippen LogP contribution in [0.1, 0.15) is 29.7 Å². The Morgan fingerprint density at radius 3 is 2.13 bits per heavy atom. The molecule has 1 unspecified atom stereocenters. The molecule has 0 saturated carbocycles. The fourth-order valence-corrected chi connectivity index (χ4v) is 4.02. The predicted octanol–water partition coefficient (Wildman–Crippen LogP) is 4.23. The number of hydrogen-bond acceptors (Lipinski definition) is 4. The Balaban J connectivity index is 1.51. The van der Waals surface area contributed by atoms with Gasteiger partial charge in [0.1, 0.15) is 0 Å². The number of aromatic nitrogens is 2. The van der Waals surface area contributed by atoms with Gasteiger partial charge in [0.05, 0.1) is 11.6 Å². The van der Waals surface area contributed by atoms with Crippen LogP contribution in [0.25, 0.3) is 0 Å². The maximum absolute atomic E-state index is 13.6. The number of anilines is 1. The van der Waals surface area contributed by atoms with Crippen LogP contribution in [0.4, 0.5) is 5.82 Å². The largest absolute Gasteiger partial charge is 0.354 e. The van der Waals surface area contributed by atoms with E-state index in [0.29, 0.717) is 19.6 Å². The molecule has 1 atom stereocenters. The van der Waals surface area contributed by atoms with Crippen molar-refractivity contribution in [2.24, 2.45) is 5.92 Å². The topological polar surface area (TPSA) is 49.3 Å². The van der Waals surface area contributed by atoms with E-state index in [1.54, 1.807) is 0 Å². The lowest BCUT2D eigenvalue weighted by molar-refractivity contribution is -0.137. The normalized spacial score (nSPS) is 16.3. The lowest BCUT2D eigenvalue weighted by atomic mass is 9.96. The second kappa shape index (κ2) is 9.53. The number of benzene rings is 2. The van der Waals surface area contributed by atoms with Crippen molar-refractivity contribution in [3.63, 3.8) is 0 Å². The van der Waals surface area contributed by atoms with Crippen molar-refractivity contribution < 1.29 is 4.79 Å². The smallest absolute Gasteiger partial charge is 0.228 e. The number of rotatable bonds is 6. The summed E-state index contributed by atoms with van der Waals surface area (Å²) in [5.74, 6) is 1.04. The fourth-order valence-electron chi connectivity index (χ4n) is 4.02. The average Bonchev–Trinajstić information content (AvgIpc) is 2.80. The lowest BCUT2D eigenvalue weighted by Crippen LogP contribution is -2.44. The van der Waals surface area contributed by atoms with Crippen molar-refractivity contribution >= 4 is 11.7 Å². The van der Waals surface area contributed by atoms with Gasteiger partial charge >= 0.3 is 0 Å². The molecule has 0 spiro atoms. The van der Waals surface area contributed by atoms with Crippen LogP contribution >= 0.6 is 0 Å². The summed E-state index contributed by atoms with van der Waals surface area (Å²) in [5, 5.41) is 8.51. The zero-order valence-corrected chi connectivity index (χ0v) is 17.4. The van der Waals surface area contributed by atoms with Crippen molar-refractivity contribution in [1.82, 2.24) is 15.1 Å². The van der Waals surface area contributed by atoms with Gasteiger partial charge < -0.3 is 9.80 Å². The van der Waals surface area contributed by atoms with E-state index >= 15 is 0 Å². The minimum absolute atomic E-state index is 0.0331. The van der Waals surface area contributed by atoms with Gasteiger partial charge in [-0.05, 0) is 43.0 Å². The molecule has 0 aliphatic carbocycles. The Morgan fingerprint density at radius 2 is 1.57 bits per heavy atom. The second-order valence-corrected chi connectivity index (χ2v) is 7.98. The molecule has 0 radical (unpaired) electrons. The first-order valence-electron chi connectivity index (χ1n) is 10.6. The van der Waals surface area contributed by atoms with Crippen molar-refractivity contribution in [3.05, 3.63) is 89.6 Å². The molecule has 3 aromatic rings. The van der Waals surface area contributed by atoms with Crippen molar-refractivity contribution in [2.45, 2.75) is 32.9 Å². The van der Waals surface area contributed by atoms with Crippen LogP contribution < -0.4 is 4.90 Å². The molecule has 4 rings (SSSR count). The van der Waals surface area contributed by atoms with E-state index < -0.39 is 0 Å². The van der Waals surface area contributed by atoms with Gasteiger partial charge in [0.2, 0.25) is 5.91 Å². The Bertz CT molecular complexity index is 902. The molecule has 1 aromatic heterocycles. The first-order valence-corrected chi connectivity index (χ1v) is 10.6. The minimum atomic E-state index is -0.0331. The zero-order valence-electron chi connectivity index (χ0n) is 17.4. The molecule has 2 aromatic carbocycles. The maximum atomic E-state index is 13.6. The predicted molar refractivity (Wildman–Crippen MR) is 119 cm³/mol. The lowest BCUT2D eigenvalue weighted by Gasteiger charge is -2.35. The average molecular weight is 401 g/mol. The molecule has 1 fully saturated rings. The number of carbonyl (C=O) groups excluding carboxylic acids is 1. The van der Waals surface area contributed by atoms with Crippen molar-refractivity contribution in [2.75, 3.05) is 18.0 Å². The molecule has 2 heterocycles. The third kappa shape index (κ3) is 5.03. The Labute approximate surface area is 178 Å². The van der Waals surface area contributed by atoms with Crippen LogP contribution in [-0.4, -0.2) is 34.1 Å². The van der Waals surface area contributed by atoms with Gasteiger partial charge in [-0.3, -0.25) is 4.79 Å². The SMILES string of the molecule is Cc1ccc(N2CCCC(C(=O)N(Cc3ccccc3)Cc3ccccc3)C2)nn1. The summed E-state index contributed by atoms with van der Waals surface area (Å²) in [7, 11) is 0. The summed E-state index contributed by atoms with van der Waals surface area (Å²) in [4.78, 5) is 17.8. The second-order valence-electron chi connectivity index (χ2n) is 7.98. The molecule has 5 nitrogen and oxygen atoms in total. The highest BCUT2D eigenvalue weighted by Crippen LogP contribution is 2.24. The summed E-state index contributed by atoms with van der Waals surface area (Å²) >= 11 is 0. The molecular formula is C25H28N4O. The van der Waals surface area contributed by atoms with E-state index in [1.807, 2.05) is 60.4 Å². The third-order valence-electron chi connectivity index (χ3n) is 5.62. The van der Waals surface area contributed by atoms with Gasteiger partial charge in [-0.15, -0.1) is 5.10 Å². The van der Waals surface area contributed by atoms with Gasteiger partial charge in [-0.1, -0.05) is 60.7 Å². The van der Waals surface area contributed by atoms with Crippen LogP contribution in [-0.2, 0) is 17.9 Å². The van der Waals surface area contributed by atoms with Gasteiger partial charge in [-0.25, -0.2) is 0 Å². The van der Waals surface area contributed by atoms with Crippen molar-refractivity contribution in [3.8, 4) is 0 Å². The molecule has 1 aliphatic heterocycles. The maximum Gasteiger partial charge on any atom is 0.228 e. The number of amides is 1. The summed E-state index contributed by atoms with van der Waals surface area (Å²) < 4.78 is 0. The minimum Gasteiger partial charge on any atom is -0.354 e. The monoisotopic (exact) mass is 400 g/mol. The first kappa shape index (κ1) is 20.1. The molecule has 1 aliphatic rings. The van der Waals surface area contributed by atoms with Crippen LogP contribution in [0.3, 0.4) is 0 Å². The number of hydrogen-bond donors (Lipinski definition) is 0. The number of piperidine rings is 1. The van der Waals surface area contributed by atoms with E-state index in [4.69, 9.17) is 0 Å². The van der Waals surface area contributed by atoms with Gasteiger partial charge in [0, 0.05) is 26.2 Å². The van der Waals surface area contributed by atoms with Gasteiger partial charge in [0.15, 0.2) is 5.82 Å². The molecular weight excluding hydrogens is 372 g/mol. The van der Waals surface area contributed by atoms with Crippen LogP contribution in [0.15, 0.2) is 72.8 Å². The Kier molecular flexibility index (Phi) is 6.38. The molecule has 30 heavy (non-hydrogen) atoms. The van der Waals surface area contributed by atoms with Crippen LogP contribution in [0.5, 0.6) is 0 Å². The van der Waals surface area contributed by atoms with Crippen LogP contribution in [0.2, 0.25) is 0 Å². The fraction of sp³-hybridized carbons (Fsp3) is 0.320. The number of carbonyl (C=O) groups is 1. The molecule has 5 heteroatoms. The van der Waals surface area contributed by atoms with Gasteiger partial charge in [0.25, 0.3) is 0 Å². The number of aryl methyl sites for hydroxylation is 1. The standard InChI is InChI=1S/C25H28N4O/c1-20-14-15-24(27-26-20)28-16-8-13-23(19-28)25(30)29(17-21-9-4-2-5-10-21)18-22-11-6-3-7-12-22/h2-7,9-12,14-15,23H,8,13,16-19H2,1H3. The summed E-state index contributed by atoms with van der Waals surface area (Å²) in [5.41, 5.74) is 3.21. The summed E-state index contributed by atoms with van der Waals surface area (Å²) in [6.07, 6.45) is 1.89. The molecule has 1 amide bonds.